The fraction of sp³-hybridized carbons (Fsp3) is 0.263. The van der Waals surface area contributed by atoms with Crippen LogP contribution in [0.1, 0.15) is 30.9 Å². The van der Waals surface area contributed by atoms with Crippen LogP contribution in [-0.2, 0) is 22.6 Å². The summed E-state index contributed by atoms with van der Waals surface area (Å²) >= 11 is 5.80. The van der Waals surface area contributed by atoms with Gasteiger partial charge in [-0.2, -0.15) is 0 Å². The standard InChI is InChI=1S/C19H21ClN2O2/c1-2-3-4-14-7-11-17(12-8-14)22-19(24)18(23)21-13-15-5-9-16(20)10-6-15/h5-12H,2-4,13H2,1H3,(H,21,23)(H,22,24). The zero-order valence-corrected chi connectivity index (χ0v) is 14.4. The minimum Gasteiger partial charge on any atom is -0.344 e. The molecule has 0 saturated carbocycles. The van der Waals surface area contributed by atoms with Crippen LogP contribution in [-0.4, -0.2) is 11.8 Å². The maximum absolute atomic E-state index is 11.9. The lowest BCUT2D eigenvalue weighted by atomic mass is 10.1. The maximum Gasteiger partial charge on any atom is 0.313 e. The van der Waals surface area contributed by atoms with Gasteiger partial charge in [0.2, 0.25) is 0 Å². The van der Waals surface area contributed by atoms with Crippen molar-refractivity contribution in [3.05, 3.63) is 64.7 Å². The molecule has 0 aliphatic carbocycles. The van der Waals surface area contributed by atoms with Crippen LogP contribution in [0.2, 0.25) is 5.02 Å². The van der Waals surface area contributed by atoms with Crippen LogP contribution in [0, 0.1) is 0 Å². The van der Waals surface area contributed by atoms with Gasteiger partial charge in [0.25, 0.3) is 0 Å². The van der Waals surface area contributed by atoms with Crippen molar-refractivity contribution in [2.24, 2.45) is 0 Å². The second-order valence-corrected chi connectivity index (χ2v) is 6.00. The Labute approximate surface area is 147 Å². The first kappa shape index (κ1) is 18.0. The first-order valence-electron chi connectivity index (χ1n) is 8.01. The molecular formula is C19H21ClN2O2. The Balaban J connectivity index is 1.82. The van der Waals surface area contributed by atoms with Gasteiger partial charge in [-0.25, -0.2) is 0 Å². The van der Waals surface area contributed by atoms with Gasteiger partial charge < -0.3 is 10.6 Å². The lowest BCUT2D eigenvalue weighted by Crippen LogP contribution is -2.34. The molecule has 5 heteroatoms. The van der Waals surface area contributed by atoms with Crippen LogP contribution < -0.4 is 10.6 Å². The average molecular weight is 345 g/mol. The molecule has 4 nitrogen and oxygen atoms in total. The summed E-state index contributed by atoms with van der Waals surface area (Å²) < 4.78 is 0. The Hall–Kier alpha value is -2.33. The quantitative estimate of drug-likeness (QED) is 0.780. The van der Waals surface area contributed by atoms with Crippen molar-refractivity contribution >= 4 is 29.1 Å². The van der Waals surface area contributed by atoms with E-state index in [4.69, 9.17) is 11.6 Å². The first-order valence-corrected chi connectivity index (χ1v) is 8.39. The van der Waals surface area contributed by atoms with E-state index >= 15 is 0 Å². The molecule has 2 aromatic rings. The molecular weight excluding hydrogens is 324 g/mol. The lowest BCUT2D eigenvalue weighted by Gasteiger charge is -2.08. The zero-order valence-electron chi connectivity index (χ0n) is 13.6. The lowest BCUT2D eigenvalue weighted by molar-refractivity contribution is -0.136. The molecule has 24 heavy (non-hydrogen) atoms. The first-order chi connectivity index (χ1) is 11.6. The summed E-state index contributed by atoms with van der Waals surface area (Å²) in [4.78, 5) is 23.7. The van der Waals surface area contributed by atoms with Crippen LogP contribution in [0.5, 0.6) is 0 Å². The molecule has 2 N–H and O–H groups in total. The Kier molecular flexibility index (Phi) is 6.82. The molecule has 0 aromatic heterocycles. The van der Waals surface area contributed by atoms with E-state index in [-0.39, 0.29) is 6.54 Å². The number of carbonyl (C=O) groups is 2. The summed E-state index contributed by atoms with van der Waals surface area (Å²) in [5.41, 5.74) is 2.71. The number of hydrogen-bond acceptors (Lipinski definition) is 2. The van der Waals surface area contributed by atoms with E-state index in [9.17, 15) is 9.59 Å². The normalized spacial score (nSPS) is 10.2. The van der Waals surface area contributed by atoms with E-state index in [1.54, 1.807) is 24.3 Å². The van der Waals surface area contributed by atoms with Gasteiger partial charge in [0.15, 0.2) is 0 Å². The SMILES string of the molecule is CCCCc1ccc(NC(=O)C(=O)NCc2ccc(Cl)cc2)cc1. The van der Waals surface area contributed by atoms with E-state index < -0.39 is 11.8 Å². The van der Waals surface area contributed by atoms with Gasteiger partial charge in [0.1, 0.15) is 0 Å². The minimum atomic E-state index is -0.676. The number of amides is 2. The van der Waals surface area contributed by atoms with Crippen molar-refractivity contribution < 1.29 is 9.59 Å². The van der Waals surface area contributed by atoms with Crippen LogP contribution in [0.4, 0.5) is 5.69 Å². The highest BCUT2D eigenvalue weighted by atomic mass is 35.5. The number of nitrogens with one attached hydrogen (secondary N) is 2. The molecule has 2 aromatic carbocycles. The summed E-state index contributed by atoms with van der Waals surface area (Å²) in [6.45, 7) is 2.43. The van der Waals surface area contributed by atoms with Crippen molar-refractivity contribution in [1.82, 2.24) is 5.32 Å². The zero-order chi connectivity index (χ0) is 17.4. The Morgan fingerprint density at radius 3 is 2.17 bits per heavy atom. The number of benzene rings is 2. The Morgan fingerprint density at radius 2 is 1.54 bits per heavy atom. The minimum absolute atomic E-state index is 0.277. The molecule has 2 amide bonds. The summed E-state index contributed by atoms with van der Waals surface area (Å²) in [5, 5.41) is 5.81. The van der Waals surface area contributed by atoms with Gasteiger partial charge in [-0.15, -0.1) is 0 Å². The number of aryl methyl sites for hydroxylation is 1. The molecule has 0 heterocycles. The highest BCUT2D eigenvalue weighted by Crippen LogP contribution is 2.12. The molecule has 0 unspecified atom stereocenters. The molecule has 126 valence electrons. The van der Waals surface area contributed by atoms with Gasteiger partial charge in [-0.3, -0.25) is 9.59 Å². The summed E-state index contributed by atoms with van der Waals surface area (Å²) in [7, 11) is 0. The van der Waals surface area contributed by atoms with Gasteiger partial charge >= 0.3 is 11.8 Å². The fourth-order valence-electron chi connectivity index (χ4n) is 2.19. The third-order valence-corrected chi connectivity index (χ3v) is 3.86. The Morgan fingerprint density at radius 1 is 0.917 bits per heavy atom. The molecule has 0 radical (unpaired) electrons. The van der Waals surface area contributed by atoms with Gasteiger partial charge in [-0.1, -0.05) is 49.2 Å². The summed E-state index contributed by atoms with van der Waals surface area (Å²) in [5.74, 6) is -1.34. The summed E-state index contributed by atoms with van der Waals surface area (Å²) in [6.07, 6.45) is 3.30. The maximum atomic E-state index is 11.9. The Bertz CT molecular complexity index is 682. The fourth-order valence-corrected chi connectivity index (χ4v) is 2.31. The topological polar surface area (TPSA) is 58.2 Å². The highest BCUT2D eigenvalue weighted by Gasteiger charge is 2.13. The number of carbonyl (C=O) groups excluding carboxylic acids is 2. The predicted octanol–water partition coefficient (Wildman–Crippen LogP) is 3.94. The monoisotopic (exact) mass is 344 g/mol. The van der Waals surface area contributed by atoms with Crippen LogP contribution in [0.15, 0.2) is 48.5 Å². The molecule has 0 atom stereocenters. The van der Waals surface area contributed by atoms with E-state index in [0.717, 1.165) is 24.8 Å². The van der Waals surface area contributed by atoms with Crippen molar-refractivity contribution in [3.63, 3.8) is 0 Å². The van der Waals surface area contributed by atoms with Crippen molar-refractivity contribution in [2.45, 2.75) is 32.7 Å². The van der Waals surface area contributed by atoms with E-state index in [2.05, 4.69) is 17.6 Å². The number of unbranched alkanes of at least 4 members (excludes halogenated alkanes) is 1. The van der Waals surface area contributed by atoms with E-state index in [1.165, 1.54) is 5.56 Å². The molecule has 0 bridgehead atoms. The van der Waals surface area contributed by atoms with E-state index in [0.29, 0.717) is 10.7 Å². The largest absolute Gasteiger partial charge is 0.344 e. The van der Waals surface area contributed by atoms with Crippen LogP contribution in [0.25, 0.3) is 0 Å². The second kappa shape index (κ2) is 9.08. The molecule has 0 spiro atoms. The van der Waals surface area contributed by atoms with Gasteiger partial charge in [-0.05, 0) is 48.2 Å². The van der Waals surface area contributed by atoms with Crippen molar-refractivity contribution in [1.29, 1.82) is 0 Å². The molecule has 2 rings (SSSR count). The van der Waals surface area contributed by atoms with Crippen LogP contribution in [0.3, 0.4) is 0 Å². The number of anilines is 1. The third-order valence-electron chi connectivity index (χ3n) is 3.60. The third kappa shape index (κ3) is 5.70. The van der Waals surface area contributed by atoms with Crippen molar-refractivity contribution in [3.8, 4) is 0 Å². The predicted molar refractivity (Wildman–Crippen MR) is 97.0 cm³/mol. The summed E-state index contributed by atoms with van der Waals surface area (Å²) in [6, 6.07) is 14.6. The molecule has 0 fully saturated rings. The smallest absolute Gasteiger partial charge is 0.313 e. The molecule has 0 aliphatic heterocycles. The average Bonchev–Trinajstić information content (AvgIpc) is 2.60. The van der Waals surface area contributed by atoms with Crippen LogP contribution >= 0.6 is 11.6 Å². The molecule has 0 aliphatic rings. The van der Waals surface area contributed by atoms with Gasteiger partial charge in [0.05, 0.1) is 0 Å². The molecule has 0 saturated heterocycles. The highest BCUT2D eigenvalue weighted by molar-refractivity contribution is 6.39. The van der Waals surface area contributed by atoms with Crippen molar-refractivity contribution in [2.75, 3.05) is 5.32 Å². The number of halogens is 1. The second-order valence-electron chi connectivity index (χ2n) is 5.56. The number of hydrogen-bond donors (Lipinski definition) is 2. The van der Waals surface area contributed by atoms with Gasteiger partial charge in [0, 0.05) is 17.3 Å². The number of rotatable bonds is 6. The van der Waals surface area contributed by atoms with E-state index in [1.807, 2.05) is 24.3 Å².